The Morgan fingerprint density at radius 1 is 1.31 bits per heavy atom. The zero-order valence-electron chi connectivity index (χ0n) is 18.0. The SMILES string of the molecule is CC1CN(C(=O)Nc2cnoc2)CC/C1=C\c1cccc(OCCc2cccc(F)c2)c1. The Morgan fingerprint density at radius 2 is 2.19 bits per heavy atom. The van der Waals surface area contributed by atoms with Gasteiger partial charge in [-0.3, -0.25) is 0 Å². The van der Waals surface area contributed by atoms with Crippen LogP contribution in [-0.4, -0.2) is 35.8 Å². The van der Waals surface area contributed by atoms with E-state index in [1.165, 1.54) is 30.2 Å². The number of hydrogen-bond donors (Lipinski definition) is 1. The van der Waals surface area contributed by atoms with Gasteiger partial charge in [0, 0.05) is 19.5 Å². The van der Waals surface area contributed by atoms with Crippen LogP contribution in [0.2, 0.25) is 0 Å². The highest BCUT2D eigenvalue weighted by atomic mass is 19.1. The van der Waals surface area contributed by atoms with Crippen molar-refractivity contribution in [2.45, 2.75) is 19.8 Å². The number of halogens is 1. The van der Waals surface area contributed by atoms with Crippen molar-refractivity contribution in [2.75, 3.05) is 25.0 Å². The van der Waals surface area contributed by atoms with E-state index in [-0.39, 0.29) is 17.8 Å². The van der Waals surface area contributed by atoms with Crippen LogP contribution >= 0.6 is 0 Å². The Balaban J connectivity index is 1.32. The van der Waals surface area contributed by atoms with Crippen molar-refractivity contribution in [3.8, 4) is 5.75 Å². The molecule has 1 saturated heterocycles. The van der Waals surface area contributed by atoms with Crippen molar-refractivity contribution < 1.29 is 18.4 Å². The summed E-state index contributed by atoms with van der Waals surface area (Å²) >= 11 is 0. The van der Waals surface area contributed by atoms with E-state index in [9.17, 15) is 9.18 Å². The second-order valence-electron chi connectivity index (χ2n) is 7.96. The number of aromatic nitrogens is 1. The van der Waals surface area contributed by atoms with E-state index in [1.807, 2.05) is 30.3 Å². The number of hydrogen-bond acceptors (Lipinski definition) is 4. The zero-order valence-corrected chi connectivity index (χ0v) is 18.0. The summed E-state index contributed by atoms with van der Waals surface area (Å²) < 4.78 is 23.9. The van der Waals surface area contributed by atoms with Gasteiger partial charge in [0.25, 0.3) is 0 Å². The van der Waals surface area contributed by atoms with Crippen LogP contribution in [0.4, 0.5) is 14.9 Å². The molecule has 166 valence electrons. The molecule has 1 aliphatic rings. The third-order valence-corrected chi connectivity index (χ3v) is 5.53. The zero-order chi connectivity index (χ0) is 22.3. The summed E-state index contributed by atoms with van der Waals surface area (Å²) in [6.07, 6.45) is 6.52. The number of carbonyl (C=O) groups excluding carboxylic acids is 1. The van der Waals surface area contributed by atoms with Gasteiger partial charge in [-0.2, -0.15) is 0 Å². The lowest BCUT2D eigenvalue weighted by molar-refractivity contribution is 0.198. The van der Waals surface area contributed by atoms with Crippen molar-refractivity contribution in [1.82, 2.24) is 10.1 Å². The van der Waals surface area contributed by atoms with Gasteiger partial charge in [0.2, 0.25) is 0 Å². The van der Waals surface area contributed by atoms with Gasteiger partial charge in [-0.25, -0.2) is 9.18 Å². The monoisotopic (exact) mass is 435 g/mol. The van der Waals surface area contributed by atoms with Crippen molar-refractivity contribution in [3.63, 3.8) is 0 Å². The minimum Gasteiger partial charge on any atom is -0.493 e. The molecule has 0 radical (unpaired) electrons. The molecule has 0 saturated carbocycles. The lowest BCUT2D eigenvalue weighted by Crippen LogP contribution is -2.42. The number of anilines is 1. The van der Waals surface area contributed by atoms with Gasteiger partial charge < -0.3 is 19.5 Å². The number of ether oxygens (including phenoxy) is 1. The first-order chi connectivity index (χ1) is 15.6. The molecule has 1 fully saturated rings. The van der Waals surface area contributed by atoms with Crippen molar-refractivity contribution in [1.29, 1.82) is 0 Å². The normalized spacial score (nSPS) is 17.4. The molecule has 2 heterocycles. The summed E-state index contributed by atoms with van der Waals surface area (Å²) in [5.74, 6) is 0.802. The molecule has 4 rings (SSSR count). The molecule has 1 unspecified atom stereocenters. The highest BCUT2D eigenvalue weighted by Gasteiger charge is 2.24. The van der Waals surface area contributed by atoms with Crippen LogP contribution < -0.4 is 10.1 Å². The van der Waals surface area contributed by atoms with Crippen LogP contribution in [0.3, 0.4) is 0 Å². The lowest BCUT2D eigenvalue weighted by atomic mass is 9.91. The Labute approximate surface area is 186 Å². The smallest absolute Gasteiger partial charge is 0.322 e. The Bertz CT molecular complexity index is 1080. The van der Waals surface area contributed by atoms with E-state index < -0.39 is 0 Å². The Kier molecular flexibility index (Phi) is 6.84. The van der Waals surface area contributed by atoms with Gasteiger partial charge in [0.05, 0.1) is 12.8 Å². The summed E-state index contributed by atoms with van der Waals surface area (Å²) in [5.41, 5.74) is 3.84. The number of nitrogens with one attached hydrogen (secondary N) is 1. The van der Waals surface area contributed by atoms with Crippen molar-refractivity contribution in [3.05, 3.63) is 83.5 Å². The first kappa shape index (κ1) is 21.6. The van der Waals surface area contributed by atoms with Crippen LogP contribution in [0, 0.1) is 11.7 Å². The highest BCUT2D eigenvalue weighted by molar-refractivity contribution is 5.89. The van der Waals surface area contributed by atoms with Gasteiger partial charge in [0.15, 0.2) is 0 Å². The fourth-order valence-corrected chi connectivity index (χ4v) is 3.80. The van der Waals surface area contributed by atoms with E-state index in [0.29, 0.717) is 31.8 Å². The maximum absolute atomic E-state index is 13.3. The fraction of sp³-hybridized carbons (Fsp3) is 0.280. The van der Waals surface area contributed by atoms with Crippen LogP contribution in [0.25, 0.3) is 6.08 Å². The van der Waals surface area contributed by atoms with Crippen molar-refractivity contribution in [2.24, 2.45) is 5.92 Å². The maximum Gasteiger partial charge on any atom is 0.322 e. The van der Waals surface area contributed by atoms with E-state index in [4.69, 9.17) is 9.26 Å². The van der Waals surface area contributed by atoms with Gasteiger partial charge >= 0.3 is 6.03 Å². The number of carbonyl (C=O) groups is 1. The highest BCUT2D eigenvalue weighted by Crippen LogP contribution is 2.26. The second kappa shape index (κ2) is 10.1. The molecule has 7 heteroatoms. The molecule has 3 aromatic rings. The standard InChI is InChI=1S/C25H26FN3O3/c1-18-16-29(25(30)28-23-15-27-32-17-23)10-8-21(18)12-20-5-3-7-24(14-20)31-11-9-19-4-2-6-22(26)13-19/h2-7,12-15,17-18H,8-11,16H2,1H3,(H,28,30)/b21-12+. The molecule has 6 nitrogen and oxygen atoms in total. The Morgan fingerprint density at radius 3 is 2.97 bits per heavy atom. The van der Waals surface area contributed by atoms with E-state index in [0.717, 1.165) is 23.3 Å². The molecule has 1 atom stereocenters. The molecular weight excluding hydrogens is 409 g/mol. The predicted molar refractivity (Wildman–Crippen MR) is 121 cm³/mol. The molecule has 1 aliphatic heterocycles. The van der Waals surface area contributed by atoms with Gasteiger partial charge in [-0.15, -0.1) is 0 Å². The number of rotatable bonds is 6. The van der Waals surface area contributed by atoms with E-state index in [2.05, 4.69) is 23.5 Å². The quantitative estimate of drug-likeness (QED) is 0.564. The molecule has 0 spiro atoms. The van der Waals surface area contributed by atoms with Gasteiger partial charge in [-0.05, 0) is 47.7 Å². The first-order valence-corrected chi connectivity index (χ1v) is 10.7. The Hall–Kier alpha value is -3.61. The van der Waals surface area contributed by atoms with Crippen LogP contribution in [-0.2, 0) is 6.42 Å². The molecule has 1 N–H and O–H groups in total. The number of amides is 2. The fourth-order valence-electron chi connectivity index (χ4n) is 3.80. The number of nitrogens with zero attached hydrogens (tertiary/aromatic N) is 2. The number of urea groups is 1. The molecular formula is C25H26FN3O3. The van der Waals surface area contributed by atoms with Crippen LogP contribution in [0.15, 0.2) is 71.1 Å². The van der Waals surface area contributed by atoms with Crippen LogP contribution in [0.5, 0.6) is 5.75 Å². The van der Waals surface area contributed by atoms with Gasteiger partial charge in [-0.1, -0.05) is 48.0 Å². The number of piperidine rings is 1. The largest absolute Gasteiger partial charge is 0.493 e. The number of likely N-dealkylation sites (tertiary alicyclic amines) is 1. The molecule has 2 amide bonds. The molecule has 0 bridgehead atoms. The van der Waals surface area contributed by atoms with Crippen LogP contribution in [0.1, 0.15) is 24.5 Å². The third-order valence-electron chi connectivity index (χ3n) is 5.53. The minimum atomic E-state index is -0.229. The summed E-state index contributed by atoms with van der Waals surface area (Å²) in [5, 5.41) is 6.39. The molecule has 1 aromatic heterocycles. The predicted octanol–water partition coefficient (Wildman–Crippen LogP) is 5.39. The van der Waals surface area contributed by atoms with E-state index >= 15 is 0 Å². The molecule has 2 aromatic carbocycles. The molecule has 32 heavy (non-hydrogen) atoms. The topological polar surface area (TPSA) is 67.6 Å². The molecule has 0 aliphatic carbocycles. The summed E-state index contributed by atoms with van der Waals surface area (Å²) in [4.78, 5) is 14.2. The maximum atomic E-state index is 13.3. The summed E-state index contributed by atoms with van der Waals surface area (Å²) in [7, 11) is 0. The first-order valence-electron chi connectivity index (χ1n) is 10.7. The minimum absolute atomic E-state index is 0.146. The lowest BCUT2D eigenvalue weighted by Gasteiger charge is -2.33. The second-order valence-corrected chi connectivity index (χ2v) is 7.96. The average Bonchev–Trinajstić information content (AvgIpc) is 3.28. The van der Waals surface area contributed by atoms with Gasteiger partial charge in [0.1, 0.15) is 23.5 Å². The summed E-state index contributed by atoms with van der Waals surface area (Å²) in [6, 6.07) is 14.4. The number of benzene rings is 2. The average molecular weight is 435 g/mol. The van der Waals surface area contributed by atoms with E-state index in [1.54, 1.807) is 11.0 Å². The third kappa shape index (κ3) is 5.75. The van der Waals surface area contributed by atoms with Crippen molar-refractivity contribution >= 4 is 17.8 Å². The summed E-state index contributed by atoms with van der Waals surface area (Å²) in [6.45, 7) is 3.91.